The Hall–Kier alpha value is -2.11. The molecule has 0 aromatic heterocycles. The van der Waals surface area contributed by atoms with E-state index < -0.39 is 4.92 Å². The predicted molar refractivity (Wildman–Crippen MR) is 51.9 cm³/mol. The normalized spacial score (nSPS) is 9.50. The zero-order valence-corrected chi connectivity index (χ0v) is 7.48. The third-order valence-corrected chi connectivity index (χ3v) is 1.74. The zero-order chi connectivity index (χ0) is 10.7. The lowest BCUT2D eigenvalue weighted by Crippen LogP contribution is -1.99. The van der Waals surface area contributed by atoms with Gasteiger partial charge in [-0.05, 0) is 6.07 Å². The van der Waals surface area contributed by atoms with Gasteiger partial charge in [0.2, 0.25) is 0 Å². The van der Waals surface area contributed by atoms with Gasteiger partial charge < -0.3 is 15.9 Å². The van der Waals surface area contributed by atoms with Crippen molar-refractivity contribution in [2.45, 2.75) is 0 Å². The maximum absolute atomic E-state index is 10.5. The van der Waals surface area contributed by atoms with Crippen molar-refractivity contribution in [3.05, 3.63) is 27.8 Å². The summed E-state index contributed by atoms with van der Waals surface area (Å²) in [7, 11) is 1.33. The van der Waals surface area contributed by atoms with Crippen LogP contribution in [0.15, 0.2) is 12.1 Å². The van der Waals surface area contributed by atoms with Gasteiger partial charge in [0.25, 0.3) is 0 Å². The summed E-state index contributed by atoms with van der Waals surface area (Å²) in [4.78, 5) is 9.96. The second kappa shape index (κ2) is 3.73. The maximum atomic E-state index is 10.5. The second-order valence-corrected chi connectivity index (χ2v) is 2.55. The number of hydrogen-bond acceptors (Lipinski definition) is 5. The maximum Gasteiger partial charge on any atom is 0.313 e. The second-order valence-electron chi connectivity index (χ2n) is 2.55. The van der Waals surface area contributed by atoms with Crippen LogP contribution < -0.4 is 10.5 Å². The number of hydrogen-bond donors (Lipinski definition) is 2. The molecule has 1 aromatic carbocycles. The summed E-state index contributed by atoms with van der Waals surface area (Å²) >= 11 is 0. The quantitative estimate of drug-likeness (QED) is 0.327. The van der Waals surface area contributed by atoms with E-state index in [0.29, 0.717) is 5.56 Å². The van der Waals surface area contributed by atoms with Gasteiger partial charge in [0.05, 0.1) is 12.0 Å². The van der Waals surface area contributed by atoms with Gasteiger partial charge in [0.1, 0.15) is 0 Å². The van der Waals surface area contributed by atoms with E-state index in [1.165, 1.54) is 19.2 Å². The largest absolute Gasteiger partial charge is 0.490 e. The standard InChI is InChI=1S/C8H9N3O3/c1-14-8-2-5(4-9)6(10)3-7(8)11(12)13/h2-4,9H,10H2,1H3. The van der Waals surface area contributed by atoms with E-state index in [0.717, 1.165) is 6.21 Å². The monoisotopic (exact) mass is 195 g/mol. The lowest BCUT2D eigenvalue weighted by molar-refractivity contribution is -0.385. The minimum Gasteiger partial charge on any atom is -0.490 e. The smallest absolute Gasteiger partial charge is 0.313 e. The zero-order valence-electron chi connectivity index (χ0n) is 7.48. The fourth-order valence-electron chi connectivity index (χ4n) is 1.03. The summed E-state index contributed by atoms with van der Waals surface area (Å²) in [6, 6.07) is 2.54. The number of nitrogens with one attached hydrogen (secondary N) is 1. The Morgan fingerprint density at radius 2 is 2.29 bits per heavy atom. The highest BCUT2D eigenvalue weighted by atomic mass is 16.6. The summed E-state index contributed by atoms with van der Waals surface area (Å²) in [5.74, 6) is 0.0997. The van der Waals surface area contributed by atoms with Crippen molar-refractivity contribution >= 4 is 17.6 Å². The van der Waals surface area contributed by atoms with Crippen LogP contribution in [0, 0.1) is 15.5 Å². The molecule has 0 unspecified atom stereocenters. The number of ether oxygens (including phenoxy) is 1. The van der Waals surface area contributed by atoms with Crippen molar-refractivity contribution in [2.75, 3.05) is 12.8 Å². The summed E-state index contributed by atoms with van der Waals surface area (Å²) in [6.45, 7) is 0. The molecule has 0 heterocycles. The van der Waals surface area contributed by atoms with Crippen molar-refractivity contribution < 1.29 is 9.66 Å². The van der Waals surface area contributed by atoms with Gasteiger partial charge in [-0.3, -0.25) is 10.1 Å². The summed E-state index contributed by atoms with van der Waals surface area (Å²) in [6.07, 6.45) is 1.02. The van der Waals surface area contributed by atoms with Crippen molar-refractivity contribution in [1.29, 1.82) is 5.41 Å². The van der Waals surface area contributed by atoms with Gasteiger partial charge in [0.15, 0.2) is 5.75 Å². The molecule has 1 rings (SSSR count). The predicted octanol–water partition coefficient (Wildman–Crippen LogP) is 1.18. The first-order chi connectivity index (χ1) is 6.60. The van der Waals surface area contributed by atoms with E-state index in [2.05, 4.69) is 0 Å². The van der Waals surface area contributed by atoms with E-state index in [1.54, 1.807) is 0 Å². The molecule has 6 nitrogen and oxygen atoms in total. The average molecular weight is 195 g/mol. The van der Waals surface area contributed by atoms with E-state index in [1.807, 2.05) is 0 Å². The van der Waals surface area contributed by atoms with Crippen LogP contribution in [0.1, 0.15) is 5.56 Å². The van der Waals surface area contributed by atoms with Crippen LogP contribution in [0.3, 0.4) is 0 Å². The molecule has 0 aliphatic rings. The molecule has 0 amide bonds. The van der Waals surface area contributed by atoms with Crippen LogP contribution in [-0.2, 0) is 0 Å². The van der Waals surface area contributed by atoms with Crippen LogP contribution in [0.2, 0.25) is 0 Å². The molecule has 0 bridgehead atoms. The van der Waals surface area contributed by atoms with E-state index in [9.17, 15) is 10.1 Å². The molecular formula is C8H9N3O3. The van der Waals surface area contributed by atoms with Crippen molar-refractivity contribution in [2.24, 2.45) is 0 Å². The van der Waals surface area contributed by atoms with Crippen LogP contribution in [0.5, 0.6) is 5.75 Å². The van der Waals surface area contributed by atoms with Gasteiger partial charge in [-0.15, -0.1) is 0 Å². The van der Waals surface area contributed by atoms with Gasteiger partial charge in [-0.25, -0.2) is 0 Å². The molecule has 0 aliphatic heterocycles. The Balaban J connectivity index is 3.38. The Morgan fingerprint density at radius 1 is 1.64 bits per heavy atom. The number of nitro benzene ring substituents is 1. The number of nitro groups is 1. The first-order valence-electron chi connectivity index (χ1n) is 3.72. The molecular weight excluding hydrogens is 186 g/mol. The molecule has 0 saturated carbocycles. The van der Waals surface area contributed by atoms with E-state index >= 15 is 0 Å². The first-order valence-corrected chi connectivity index (χ1v) is 3.72. The topological polar surface area (TPSA) is 102 Å². The highest BCUT2D eigenvalue weighted by molar-refractivity contribution is 5.87. The van der Waals surface area contributed by atoms with Crippen molar-refractivity contribution in [3.63, 3.8) is 0 Å². The Morgan fingerprint density at radius 3 is 2.71 bits per heavy atom. The Labute approximate surface area is 80.0 Å². The third kappa shape index (κ3) is 1.63. The number of nitrogens with zero attached hydrogens (tertiary/aromatic N) is 1. The molecule has 0 spiro atoms. The van der Waals surface area contributed by atoms with Crippen LogP contribution >= 0.6 is 0 Å². The van der Waals surface area contributed by atoms with Gasteiger partial charge in [-0.2, -0.15) is 0 Å². The molecule has 0 atom stereocenters. The van der Waals surface area contributed by atoms with Crippen molar-refractivity contribution in [1.82, 2.24) is 0 Å². The number of nitrogens with two attached hydrogens (primary N) is 1. The third-order valence-electron chi connectivity index (χ3n) is 1.74. The summed E-state index contributed by atoms with van der Waals surface area (Å²) in [5, 5.41) is 17.5. The molecule has 3 N–H and O–H groups in total. The highest BCUT2D eigenvalue weighted by Gasteiger charge is 2.16. The fourth-order valence-corrected chi connectivity index (χ4v) is 1.03. The average Bonchev–Trinajstić information content (AvgIpc) is 2.17. The Bertz CT molecular complexity index is 390. The lowest BCUT2D eigenvalue weighted by Gasteiger charge is -2.04. The highest BCUT2D eigenvalue weighted by Crippen LogP contribution is 2.30. The van der Waals surface area contributed by atoms with Crippen LogP contribution in [0.25, 0.3) is 0 Å². The lowest BCUT2D eigenvalue weighted by atomic mass is 10.1. The van der Waals surface area contributed by atoms with Crippen molar-refractivity contribution in [3.8, 4) is 5.75 Å². The van der Waals surface area contributed by atoms with Gasteiger partial charge in [-0.1, -0.05) is 0 Å². The molecule has 0 aliphatic carbocycles. The van der Waals surface area contributed by atoms with Gasteiger partial charge >= 0.3 is 5.69 Å². The molecule has 0 saturated heterocycles. The Kier molecular flexibility index (Phi) is 2.66. The first kappa shape index (κ1) is 9.97. The fraction of sp³-hybridized carbons (Fsp3) is 0.125. The van der Waals surface area contributed by atoms with Crippen LogP contribution in [-0.4, -0.2) is 18.2 Å². The SMILES string of the molecule is COc1cc(C=N)c(N)cc1[N+](=O)[O-]. The molecule has 74 valence electrons. The molecule has 14 heavy (non-hydrogen) atoms. The molecule has 6 heteroatoms. The number of rotatable bonds is 3. The van der Waals surface area contributed by atoms with E-state index in [-0.39, 0.29) is 17.1 Å². The van der Waals surface area contributed by atoms with Crippen LogP contribution in [0.4, 0.5) is 11.4 Å². The van der Waals surface area contributed by atoms with E-state index in [4.69, 9.17) is 15.9 Å². The van der Waals surface area contributed by atoms with Gasteiger partial charge in [0, 0.05) is 23.5 Å². The summed E-state index contributed by atoms with van der Waals surface area (Å²) in [5.41, 5.74) is 5.87. The minimum atomic E-state index is -0.580. The number of nitrogen functional groups attached to an aromatic ring is 1. The molecule has 0 fully saturated rings. The summed E-state index contributed by atoms with van der Waals surface area (Å²) < 4.78 is 4.80. The molecule has 1 aromatic rings. The number of benzene rings is 1. The molecule has 0 radical (unpaired) electrons. The minimum absolute atomic E-state index is 0.0997. The number of anilines is 1. The number of methoxy groups -OCH3 is 1.